The van der Waals surface area contributed by atoms with Crippen molar-refractivity contribution in [1.29, 1.82) is 0 Å². The van der Waals surface area contributed by atoms with Crippen LogP contribution in [0.4, 0.5) is 0 Å². The number of hydrogen-bond acceptors (Lipinski definition) is 3. The monoisotopic (exact) mass is 255 g/mol. The van der Waals surface area contributed by atoms with Gasteiger partial charge >= 0.3 is 0 Å². The molecule has 1 aromatic rings. The van der Waals surface area contributed by atoms with Crippen molar-refractivity contribution in [2.75, 3.05) is 19.8 Å². The highest BCUT2D eigenvalue weighted by Crippen LogP contribution is 2.22. The molecule has 0 fully saturated rings. The van der Waals surface area contributed by atoms with E-state index < -0.39 is 0 Å². The summed E-state index contributed by atoms with van der Waals surface area (Å²) < 4.78 is 5.58. The SMILES string of the molecule is Cc1ccsc1C(C)NCCOCCC(C)C. The van der Waals surface area contributed by atoms with Crippen LogP contribution in [0.2, 0.25) is 0 Å². The molecule has 0 aromatic carbocycles. The lowest BCUT2D eigenvalue weighted by molar-refractivity contribution is 0.124. The topological polar surface area (TPSA) is 21.3 Å². The van der Waals surface area contributed by atoms with Gasteiger partial charge in [-0.15, -0.1) is 11.3 Å². The molecule has 1 N–H and O–H groups in total. The second kappa shape index (κ2) is 7.85. The molecule has 17 heavy (non-hydrogen) atoms. The van der Waals surface area contributed by atoms with Crippen molar-refractivity contribution in [2.45, 2.75) is 40.2 Å². The van der Waals surface area contributed by atoms with Gasteiger partial charge in [0, 0.05) is 24.1 Å². The Balaban J connectivity index is 2.09. The number of nitrogens with one attached hydrogen (secondary N) is 1. The van der Waals surface area contributed by atoms with E-state index in [0.29, 0.717) is 6.04 Å². The molecular formula is C14H25NOS. The highest BCUT2D eigenvalue weighted by Gasteiger charge is 2.08. The van der Waals surface area contributed by atoms with Crippen LogP contribution in [0.5, 0.6) is 0 Å². The molecule has 0 radical (unpaired) electrons. The first-order chi connectivity index (χ1) is 8.11. The third-order valence-corrected chi connectivity index (χ3v) is 4.03. The summed E-state index contributed by atoms with van der Waals surface area (Å²) in [6, 6.07) is 2.61. The van der Waals surface area contributed by atoms with E-state index in [4.69, 9.17) is 4.74 Å². The van der Waals surface area contributed by atoms with Gasteiger partial charge in [0.15, 0.2) is 0 Å². The average molecular weight is 255 g/mol. The summed E-state index contributed by atoms with van der Waals surface area (Å²) in [6.07, 6.45) is 1.15. The Bertz CT molecular complexity index is 309. The maximum Gasteiger partial charge on any atom is 0.0591 e. The molecule has 0 spiro atoms. The number of rotatable bonds is 8. The minimum atomic E-state index is 0.434. The van der Waals surface area contributed by atoms with E-state index in [9.17, 15) is 0 Å². The Morgan fingerprint density at radius 1 is 1.29 bits per heavy atom. The fourth-order valence-electron chi connectivity index (χ4n) is 1.69. The number of ether oxygens (including phenoxy) is 1. The summed E-state index contributed by atoms with van der Waals surface area (Å²) in [5, 5.41) is 5.65. The van der Waals surface area contributed by atoms with Gasteiger partial charge < -0.3 is 10.1 Å². The largest absolute Gasteiger partial charge is 0.380 e. The van der Waals surface area contributed by atoms with E-state index in [1.54, 1.807) is 0 Å². The van der Waals surface area contributed by atoms with Gasteiger partial charge in [0.2, 0.25) is 0 Å². The van der Waals surface area contributed by atoms with Gasteiger partial charge in [-0.1, -0.05) is 13.8 Å². The maximum atomic E-state index is 5.58. The predicted molar refractivity (Wildman–Crippen MR) is 75.7 cm³/mol. The normalized spacial score (nSPS) is 13.2. The van der Waals surface area contributed by atoms with E-state index in [0.717, 1.165) is 32.1 Å². The van der Waals surface area contributed by atoms with Gasteiger partial charge in [-0.05, 0) is 43.2 Å². The molecule has 1 atom stereocenters. The van der Waals surface area contributed by atoms with Crippen molar-refractivity contribution in [1.82, 2.24) is 5.32 Å². The van der Waals surface area contributed by atoms with E-state index in [2.05, 4.69) is 44.5 Å². The molecule has 0 saturated carbocycles. The van der Waals surface area contributed by atoms with Gasteiger partial charge in [-0.3, -0.25) is 0 Å². The minimum absolute atomic E-state index is 0.434. The number of thiophene rings is 1. The van der Waals surface area contributed by atoms with Crippen molar-refractivity contribution in [2.24, 2.45) is 5.92 Å². The molecule has 0 amide bonds. The van der Waals surface area contributed by atoms with Crippen LogP contribution in [0.25, 0.3) is 0 Å². The Hall–Kier alpha value is -0.380. The van der Waals surface area contributed by atoms with Crippen LogP contribution >= 0.6 is 11.3 Å². The highest BCUT2D eigenvalue weighted by molar-refractivity contribution is 7.10. The van der Waals surface area contributed by atoms with Crippen molar-refractivity contribution in [3.8, 4) is 0 Å². The third kappa shape index (κ3) is 5.66. The number of aryl methyl sites for hydroxylation is 1. The van der Waals surface area contributed by atoms with Crippen LogP contribution in [0.15, 0.2) is 11.4 Å². The summed E-state index contributed by atoms with van der Waals surface area (Å²) in [5.41, 5.74) is 1.38. The zero-order chi connectivity index (χ0) is 12.7. The molecule has 3 heteroatoms. The molecule has 1 rings (SSSR count). The summed E-state index contributed by atoms with van der Waals surface area (Å²) in [6.45, 7) is 11.5. The van der Waals surface area contributed by atoms with Crippen molar-refractivity contribution in [3.63, 3.8) is 0 Å². The lowest BCUT2D eigenvalue weighted by Gasteiger charge is -2.13. The summed E-state index contributed by atoms with van der Waals surface area (Å²) >= 11 is 1.83. The first-order valence-electron chi connectivity index (χ1n) is 6.46. The fraction of sp³-hybridized carbons (Fsp3) is 0.714. The Labute approximate surface area is 109 Å². The van der Waals surface area contributed by atoms with Gasteiger partial charge in [-0.25, -0.2) is 0 Å². The minimum Gasteiger partial charge on any atom is -0.380 e. The lowest BCUT2D eigenvalue weighted by atomic mass is 10.1. The summed E-state index contributed by atoms with van der Waals surface area (Å²) in [7, 11) is 0. The Kier molecular flexibility index (Phi) is 6.78. The fourth-order valence-corrected chi connectivity index (χ4v) is 2.65. The Morgan fingerprint density at radius 2 is 2.06 bits per heavy atom. The van der Waals surface area contributed by atoms with Crippen LogP contribution in [-0.4, -0.2) is 19.8 Å². The molecule has 0 aliphatic carbocycles. The quantitative estimate of drug-likeness (QED) is 0.714. The number of hydrogen-bond donors (Lipinski definition) is 1. The molecule has 0 aliphatic rings. The van der Waals surface area contributed by atoms with Crippen molar-refractivity contribution >= 4 is 11.3 Å². The van der Waals surface area contributed by atoms with E-state index in [1.807, 2.05) is 11.3 Å². The predicted octanol–water partition coefficient (Wildman–Crippen LogP) is 3.77. The molecule has 0 saturated heterocycles. The van der Waals surface area contributed by atoms with Crippen LogP contribution in [0.3, 0.4) is 0 Å². The first-order valence-corrected chi connectivity index (χ1v) is 7.34. The van der Waals surface area contributed by atoms with Crippen molar-refractivity contribution in [3.05, 3.63) is 21.9 Å². The molecule has 1 unspecified atom stereocenters. The van der Waals surface area contributed by atoms with E-state index in [-0.39, 0.29) is 0 Å². The first kappa shape index (κ1) is 14.7. The zero-order valence-electron chi connectivity index (χ0n) is 11.5. The molecule has 0 aliphatic heterocycles. The van der Waals surface area contributed by atoms with Gasteiger partial charge in [0.05, 0.1) is 6.61 Å². The molecule has 98 valence electrons. The molecule has 2 nitrogen and oxygen atoms in total. The van der Waals surface area contributed by atoms with Gasteiger partial charge in [0.1, 0.15) is 0 Å². The van der Waals surface area contributed by atoms with E-state index >= 15 is 0 Å². The third-order valence-electron chi connectivity index (χ3n) is 2.83. The van der Waals surface area contributed by atoms with Crippen LogP contribution in [0, 0.1) is 12.8 Å². The second-order valence-corrected chi connectivity index (χ2v) is 5.89. The van der Waals surface area contributed by atoms with Crippen molar-refractivity contribution < 1.29 is 4.74 Å². The molecule has 1 heterocycles. The second-order valence-electron chi connectivity index (χ2n) is 4.94. The lowest BCUT2D eigenvalue weighted by Crippen LogP contribution is -2.23. The highest BCUT2D eigenvalue weighted by atomic mass is 32.1. The van der Waals surface area contributed by atoms with E-state index in [1.165, 1.54) is 10.4 Å². The summed E-state index contributed by atoms with van der Waals surface area (Å²) in [4.78, 5) is 1.44. The van der Waals surface area contributed by atoms with Gasteiger partial charge in [-0.2, -0.15) is 0 Å². The maximum absolute atomic E-state index is 5.58. The standard InChI is InChI=1S/C14H25NOS/c1-11(2)5-8-16-9-7-15-13(4)14-12(3)6-10-17-14/h6,10-11,13,15H,5,7-9H2,1-4H3. The molecular weight excluding hydrogens is 230 g/mol. The summed E-state index contributed by atoms with van der Waals surface area (Å²) in [5.74, 6) is 0.732. The Morgan fingerprint density at radius 3 is 2.65 bits per heavy atom. The van der Waals surface area contributed by atoms with Crippen LogP contribution in [0.1, 0.15) is 43.7 Å². The zero-order valence-corrected chi connectivity index (χ0v) is 12.3. The van der Waals surface area contributed by atoms with Crippen LogP contribution < -0.4 is 5.32 Å². The molecule has 1 aromatic heterocycles. The van der Waals surface area contributed by atoms with Gasteiger partial charge in [0.25, 0.3) is 0 Å². The average Bonchev–Trinajstić information content (AvgIpc) is 2.69. The van der Waals surface area contributed by atoms with Crippen LogP contribution in [-0.2, 0) is 4.74 Å². The smallest absolute Gasteiger partial charge is 0.0591 e. The molecule has 0 bridgehead atoms.